The number of benzene rings is 1. The van der Waals surface area contributed by atoms with Gasteiger partial charge in [-0.3, -0.25) is 4.99 Å². The summed E-state index contributed by atoms with van der Waals surface area (Å²) >= 11 is 0. The van der Waals surface area contributed by atoms with Gasteiger partial charge in [0, 0.05) is 19.6 Å². The Hall–Kier alpha value is -1.24. The highest BCUT2D eigenvalue weighted by Gasteiger charge is 1.96. The lowest BCUT2D eigenvalue weighted by Crippen LogP contribution is -2.37. The fraction of sp³-hybridized carbons (Fsp3) is 0.357. The molecule has 0 aliphatic carbocycles. The largest absolute Gasteiger partial charge is 0.508 e. The quantitative estimate of drug-likeness (QED) is 0.310. The van der Waals surface area contributed by atoms with Gasteiger partial charge < -0.3 is 15.7 Å². The first-order chi connectivity index (χ1) is 8.76. The Balaban J connectivity index is 0.00000324. The van der Waals surface area contributed by atoms with Gasteiger partial charge in [-0.25, -0.2) is 0 Å². The normalized spacial score (nSPS) is 10.5. The fourth-order valence-electron chi connectivity index (χ4n) is 1.47. The average molecular weight is 375 g/mol. The van der Waals surface area contributed by atoms with E-state index in [2.05, 4.69) is 22.2 Å². The molecule has 5 heteroatoms. The first-order valence-corrected chi connectivity index (χ1v) is 6.17. The van der Waals surface area contributed by atoms with Crippen LogP contribution in [0.25, 0.3) is 0 Å². The Kier molecular flexibility index (Phi) is 9.97. The number of phenols is 1. The minimum Gasteiger partial charge on any atom is -0.508 e. The van der Waals surface area contributed by atoms with Crippen molar-refractivity contribution < 1.29 is 5.11 Å². The van der Waals surface area contributed by atoms with Crippen LogP contribution in [0.15, 0.2) is 41.9 Å². The average Bonchev–Trinajstić information content (AvgIpc) is 2.38. The van der Waals surface area contributed by atoms with Crippen LogP contribution < -0.4 is 10.6 Å². The number of aromatic hydroxyl groups is 1. The van der Waals surface area contributed by atoms with Crippen molar-refractivity contribution in [3.05, 3.63) is 42.5 Å². The zero-order valence-electron chi connectivity index (χ0n) is 11.2. The number of aliphatic imine (C=N–C) groups is 1. The SMILES string of the molecule is C=CCNC(=NCCc1ccc(O)cc1)NCC.I. The Morgan fingerprint density at radius 2 is 2.00 bits per heavy atom. The smallest absolute Gasteiger partial charge is 0.191 e. The maximum Gasteiger partial charge on any atom is 0.191 e. The van der Waals surface area contributed by atoms with Crippen LogP contribution >= 0.6 is 24.0 Å². The Labute approximate surface area is 132 Å². The van der Waals surface area contributed by atoms with Gasteiger partial charge >= 0.3 is 0 Å². The van der Waals surface area contributed by atoms with E-state index in [1.165, 1.54) is 0 Å². The molecule has 0 aliphatic heterocycles. The number of nitrogens with zero attached hydrogens (tertiary/aromatic N) is 1. The summed E-state index contributed by atoms with van der Waals surface area (Å²) in [5.74, 6) is 1.10. The van der Waals surface area contributed by atoms with Crippen molar-refractivity contribution in [3.63, 3.8) is 0 Å². The van der Waals surface area contributed by atoms with Crippen LogP contribution in [0.2, 0.25) is 0 Å². The molecule has 0 saturated carbocycles. The summed E-state index contributed by atoms with van der Waals surface area (Å²) < 4.78 is 0. The zero-order valence-corrected chi connectivity index (χ0v) is 13.6. The molecule has 0 heterocycles. The monoisotopic (exact) mass is 375 g/mol. The predicted molar refractivity (Wildman–Crippen MR) is 91.4 cm³/mol. The van der Waals surface area contributed by atoms with Gasteiger partial charge in [0.1, 0.15) is 5.75 Å². The molecule has 0 amide bonds. The zero-order chi connectivity index (χ0) is 13.2. The molecule has 0 radical (unpaired) electrons. The van der Waals surface area contributed by atoms with Crippen LogP contribution in [-0.4, -0.2) is 30.7 Å². The van der Waals surface area contributed by atoms with Crippen molar-refractivity contribution in [1.82, 2.24) is 10.6 Å². The van der Waals surface area contributed by atoms with Gasteiger partial charge in [-0.05, 0) is 31.0 Å². The second-order valence-corrected chi connectivity index (χ2v) is 3.85. The minimum absolute atomic E-state index is 0. The highest BCUT2D eigenvalue weighted by Crippen LogP contribution is 2.09. The third kappa shape index (κ3) is 7.71. The van der Waals surface area contributed by atoms with E-state index in [1.807, 2.05) is 19.1 Å². The molecule has 19 heavy (non-hydrogen) atoms. The summed E-state index contributed by atoms with van der Waals surface area (Å²) in [6.07, 6.45) is 2.65. The van der Waals surface area contributed by atoms with Crippen molar-refractivity contribution in [3.8, 4) is 5.75 Å². The molecule has 0 unspecified atom stereocenters. The molecule has 0 aromatic heterocycles. The molecule has 3 N–H and O–H groups in total. The summed E-state index contributed by atoms with van der Waals surface area (Å²) in [5.41, 5.74) is 1.16. The van der Waals surface area contributed by atoms with Crippen LogP contribution in [-0.2, 0) is 6.42 Å². The summed E-state index contributed by atoms with van der Waals surface area (Å²) in [7, 11) is 0. The topological polar surface area (TPSA) is 56.7 Å². The van der Waals surface area contributed by atoms with Gasteiger partial charge in [-0.2, -0.15) is 0 Å². The molecule has 0 bridgehead atoms. The first-order valence-electron chi connectivity index (χ1n) is 6.17. The summed E-state index contributed by atoms with van der Waals surface area (Å²) in [5, 5.41) is 15.5. The second-order valence-electron chi connectivity index (χ2n) is 3.85. The third-order valence-corrected chi connectivity index (χ3v) is 2.36. The van der Waals surface area contributed by atoms with Gasteiger partial charge in [0.05, 0.1) is 0 Å². The molecule has 0 atom stereocenters. The van der Waals surface area contributed by atoms with Crippen molar-refractivity contribution in [2.24, 2.45) is 4.99 Å². The molecular formula is C14H22IN3O. The number of nitrogens with one attached hydrogen (secondary N) is 2. The summed E-state index contributed by atoms with van der Waals surface area (Å²) in [4.78, 5) is 4.45. The molecule has 0 fully saturated rings. The Morgan fingerprint density at radius 3 is 2.58 bits per heavy atom. The third-order valence-electron chi connectivity index (χ3n) is 2.36. The molecule has 0 spiro atoms. The van der Waals surface area contributed by atoms with Crippen LogP contribution in [0.4, 0.5) is 0 Å². The summed E-state index contributed by atoms with van der Waals surface area (Å²) in [6.45, 7) is 7.93. The van der Waals surface area contributed by atoms with Crippen LogP contribution in [0.1, 0.15) is 12.5 Å². The molecule has 0 saturated heterocycles. The van der Waals surface area contributed by atoms with Crippen molar-refractivity contribution in [1.29, 1.82) is 0 Å². The van der Waals surface area contributed by atoms with E-state index >= 15 is 0 Å². The van der Waals surface area contributed by atoms with E-state index in [1.54, 1.807) is 18.2 Å². The standard InChI is InChI=1S/C14H21N3O.HI/c1-3-10-16-14(15-4-2)17-11-9-12-5-7-13(18)8-6-12;/h3,5-8,18H,1,4,9-11H2,2H3,(H2,15,16,17);1H. The number of hydrogen-bond donors (Lipinski definition) is 3. The van der Waals surface area contributed by atoms with Crippen LogP contribution in [0.5, 0.6) is 5.75 Å². The molecule has 0 aliphatic rings. The van der Waals surface area contributed by atoms with Gasteiger partial charge in [0.25, 0.3) is 0 Å². The molecule has 1 aromatic rings. The summed E-state index contributed by atoms with van der Waals surface area (Å²) in [6, 6.07) is 7.21. The maximum absolute atomic E-state index is 9.18. The lowest BCUT2D eigenvalue weighted by molar-refractivity contribution is 0.475. The van der Waals surface area contributed by atoms with E-state index < -0.39 is 0 Å². The molecular weight excluding hydrogens is 353 g/mol. The van der Waals surface area contributed by atoms with E-state index in [0.717, 1.165) is 24.5 Å². The second kappa shape index (κ2) is 10.7. The van der Waals surface area contributed by atoms with Crippen molar-refractivity contribution in [2.45, 2.75) is 13.3 Å². The van der Waals surface area contributed by atoms with Crippen molar-refractivity contribution >= 4 is 29.9 Å². The van der Waals surface area contributed by atoms with Gasteiger partial charge in [-0.1, -0.05) is 18.2 Å². The van der Waals surface area contributed by atoms with E-state index in [0.29, 0.717) is 18.8 Å². The fourth-order valence-corrected chi connectivity index (χ4v) is 1.47. The highest BCUT2D eigenvalue weighted by atomic mass is 127. The lowest BCUT2D eigenvalue weighted by Gasteiger charge is -2.09. The number of halogens is 1. The highest BCUT2D eigenvalue weighted by molar-refractivity contribution is 14.0. The first kappa shape index (κ1) is 17.8. The van der Waals surface area contributed by atoms with Gasteiger partial charge in [0.15, 0.2) is 5.96 Å². The van der Waals surface area contributed by atoms with E-state index in [-0.39, 0.29) is 24.0 Å². The van der Waals surface area contributed by atoms with Gasteiger partial charge in [0.2, 0.25) is 0 Å². The van der Waals surface area contributed by atoms with E-state index in [4.69, 9.17) is 0 Å². The number of guanidine groups is 1. The number of phenolic OH excluding ortho intramolecular Hbond substituents is 1. The van der Waals surface area contributed by atoms with E-state index in [9.17, 15) is 5.11 Å². The predicted octanol–water partition coefficient (Wildman–Crippen LogP) is 2.29. The maximum atomic E-state index is 9.18. The lowest BCUT2D eigenvalue weighted by atomic mass is 10.1. The Bertz CT molecular complexity index is 390. The molecule has 1 rings (SSSR count). The van der Waals surface area contributed by atoms with Crippen LogP contribution in [0.3, 0.4) is 0 Å². The molecule has 106 valence electrons. The Morgan fingerprint density at radius 1 is 1.32 bits per heavy atom. The van der Waals surface area contributed by atoms with Gasteiger partial charge in [-0.15, -0.1) is 30.6 Å². The molecule has 4 nitrogen and oxygen atoms in total. The minimum atomic E-state index is 0. The van der Waals surface area contributed by atoms with Crippen LogP contribution in [0, 0.1) is 0 Å². The number of hydrogen-bond acceptors (Lipinski definition) is 2. The van der Waals surface area contributed by atoms with Crippen molar-refractivity contribution in [2.75, 3.05) is 19.6 Å². The molecule has 1 aromatic carbocycles. The number of rotatable bonds is 6.